The summed E-state index contributed by atoms with van der Waals surface area (Å²) in [6.07, 6.45) is 3.94. The molecule has 0 bridgehead atoms. The molecule has 2 unspecified atom stereocenters. The van der Waals surface area contributed by atoms with E-state index in [4.69, 9.17) is 5.73 Å². The molecule has 1 aliphatic heterocycles. The zero-order chi connectivity index (χ0) is 13.1. The van der Waals surface area contributed by atoms with Crippen molar-refractivity contribution >= 4 is 15.9 Å². The molecule has 1 saturated heterocycles. The summed E-state index contributed by atoms with van der Waals surface area (Å²) in [4.78, 5) is 2.57. The fourth-order valence-electron chi connectivity index (χ4n) is 2.93. The number of likely N-dealkylation sites (tertiary alicyclic amines) is 1. The van der Waals surface area contributed by atoms with Gasteiger partial charge >= 0.3 is 0 Å². The molecule has 2 N–H and O–H groups in total. The van der Waals surface area contributed by atoms with Crippen LogP contribution in [0.25, 0.3) is 0 Å². The van der Waals surface area contributed by atoms with Crippen LogP contribution in [-0.2, 0) is 0 Å². The van der Waals surface area contributed by atoms with Crippen molar-refractivity contribution in [3.63, 3.8) is 0 Å². The average Bonchev–Trinajstić information content (AvgIpc) is 2.34. The predicted molar refractivity (Wildman–Crippen MR) is 80.7 cm³/mol. The van der Waals surface area contributed by atoms with E-state index in [1.54, 1.807) is 0 Å². The fraction of sp³-hybridized carbons (Fsp3) is 0.600. The Hall–Kier alpha value is -0.380. The molecule has 3 heteroatoms. The Morgan fingerprint density at radius 2 is 2.22 bits per heavy atom. The molecule has 1 aromatic rings. The van der Waals surface area contributed by atoms with Crippen molar-refractivity contribution in [1.29, 1.82) is 0 Å². The zero-order valence-corrected chi connectivity index (χ0v) is 12.9. The van der Waals surface area contributed by atoms with Gasteiger partial charge in [0.05, 0.1) is 0 Å². The maximum Gasteiger partial charge on any atom is 0.0484 e. The van der Waals surface area contributed by atoms with Crippen LogP contribution in [0, 0.1) is 6.92 Å². The summed E-state index contributed by atoms with van der Waals surface area (Å²) >= 11 is 3.69. The van der Waals surface area contributed by atoms with Crippen LogP contribution in [0.4, 0.5) is 0 Å². The molecule has 100 valence electrons. The molecule has 0 saturated carbocycles. The molecule has 0 spiro atoms. The van der Waals surface area contributed by atoms with Gasteiger partial charge in [0, 0.05) is 23.1 Å². The van der Waals surface area contributed by atoms with Gasteiger partial charge < -0.3 is 5.73 Å². The standard InChI is InChI=1S/C15H23BrN2/c1-11-6-7-13(14(16)9-11)15(10-17)18-8-4-3-5-12(18)2/h6-7,9,12,15H,3-5,8,10,17H2,1-2H3. The lowest BCUT2D eigenvalue weighted by molar-refractivity contribution is 0.108. The van der Waals surface area contributed by atoms with Gasteiger partial charge in [0.15, 0.2) is 0 Å². The zero-order valence-electron chi connectivity index (χ0n) is 11.3. The maximum atomic E-state index is 6.04. The van der Waals surface area contributed by atoms with Crippen LogP contribution in [0.5, 0.6) is 0 Å². The predicted octanol–water partition coefficient (Wildman–Crippen LogP) is 3.63. The highest BCUT2D eigenvalue weighted by Crippen LogP contribution is 2.32. The Morgan fingerprint density at radius 3 is 2.83 bits per heavy atom. The minimum atomic E-state index is 0.343. The van der Waals surface area contributed by atoms with Gasteiger partial charge in [-0.25, -0.2) is 0 Å². The van der Waals surface area contributed by atoms with Crippen molar-refractivity contribution < 1.29 is 0 Å². The van der Waals surface area contributed by atoms with E-state index in [1.165, 1.54) is 41.4 Å². The maximum absolute atomic E-state index is 6.04. The van der Waals surface area contributed by atoms with Gasteiger partial charge in [-0.05, 0) is 50.4 Å². The van der Waals surface area contributed by atoms with Gasteiger partial charge in [0.1, 0.15) is 0 Å². The van der Waals surface area contributed by atoms with Gasteiger partial charge in [0.2, 0.25) is 0 Å². The second kappa shape index (κ2) is 6.18. The lowest BCUT2D eigenvalue weighted by Gasteiger charge is -2.39. The van der Waals surface area contributed by atoms with E-state index < -0.39 is 0 Å². The lowest BCUT2D eigenvalue weighted by Crippen LogP contribution is -2.43. The Morgan fingerprint density at radius 1 is 1.44 bits per heavy atom. The average molecular weight is 311 g/mol. The summed E-state index contributed by atoms with van der Waals surface area (Å²) in [7, 11) is 0. The van der Waals surface area contributed by atoms with Crippen LogP contribution in [-0.4, -0.2) is 24.0 Å². The van der Waals surface area contributed by atoms with E-state index in [1.807, 2.05) is 0 Å². The molecule has 0 amide bonds. The smallest absolute Gasteiger partial charge is 0.0484 e. The summed E-state index contributed by atoms with van der Waals surface area (Å²) in [6.45, 7) is 6.30. The van der Waals surface area contributed by atoms with Crippen molar-refractivity contribution in [1.82, 2.24) is 4.90 Å². The van der Waals surface area contributed by atoms with Crippen LogP contribution < -0.4 is 5.73 Å². The van der Waals surface area contributed by atoms with E-state index in [9.17, 15) is 0 Å². The van der Waals surface area contributed by atoms with E-state index in [0.717, 1.165) is 0 Å². The normalized spacial score (nSPS) is 23.0. The van der Waals surface area contributed by atoms with Crippen molar-refractivity contribution in [2.75, 3.05) is 13.1 Å². The Balaban J connectivity index is 2.26. The number of nitrogens with zero attached hydrogens (tertiary/aromatic N) is 1. The first-order valence-electron chi connectivity index (χ1n) is 6.85. The summed E-state index contributed by atoms with van der Waals surface area (Å²) in [5.74, 6) is 0. The monoisotopic (exact) mass is 310 g/mol. The molecule has 1 aromatic carbocycles. The minimum Gasteiger partial charge on any atom is -0.329 e. The van der Waals surface area contributed by atoms with Crippen LogP contribution >= 0.6 is 15.9 Å². The number of aryl methyl sites for hydroxylation is 1. The molecule has 1 aliphatic rings. The van der Waals surface area contributed by atoms with Gasteiger partial charge in [-0.2, -0.15) is 0 Å². The number of rotatable bonds is 3. The Labute approximate surface area is 119 Å². The molecule has 2 atom stereocenters. The van der Waals surface area contributed by atoms with Gasteiger partial charge in [-0.3, -0.25) is 4.90 Å². The Kier molecular flexibility index (Phi) is 4.82. The first kappa shape index (κ1) is 14.0. The summed E-state index contributed by atoms with van der Waals surface area (Å²) < 4.78 is 1.19. The first-order valence-corrected chi connectivity index (χ1v) is 7.64. The second-order valence-corrected chi connectivity index (χ2v) is 6.21. The van der Waals surface area contributed by atoms with E-state index in [-0.39, 0.29) is 0 Å². The lowest BCUT2D eigenvalue weighted by atomic mass is 9.97. The summed E-state index contributed by atoms with van der Waals surface area (Å²) in [5.41, 5.74) is 8.66. The summed E-state index contributed by atoms with van der Waals surface area (Å²) in [5, 5.41) is 0. The minimum absolute atomic E-state index is 0.343. The van der Waals surface area contributed by atoms with Crippen molar-refractivity contribution in [2.45, 2.75) is 45.2 Å². The van der Waals surface area contributed by atoms with Gasteiger partial charge in [-0.15, -0.1) is 0 Å². The van der Waals surface area contributed by atoms with Crippen LogP contribution in [0.2, 0.25) is 0 Å². The Bertz CT molecular complexity index is 405. The topological polar surface area (TPSA) is 29.3 Å². The molecule has 0 aromatic heterocycles. The molecule has 1 fully saturated rings. The second-order valence-electron chi connectivity index (χ2n) is 5.36. The highest BCUT2D eigenvalue weighted by atomic mass is 79.9. The number of piperidine rings is 1. The van der Waals surface area contributed by atoms with Crippen molar-refractivity contribution in [3.05, 3.63) is 33.8 Å². The molecule has 2 nitrogen and oxygen atoms in total. The molecule has 18 heavy (non-hydrogen) atoms. The quantitative estimate of drug-likeness (QED) is 0.923. The SMILES string of the molecule is Cc1ccc(C(CN)N2CCCCC2C)c(Br)c1. The highest BCUT2D eigenvalue weighted by molar-refractivity contribution is 9.10. The van der Waals surface area contributed by atoms with Crippen LogP contribution in [0.1, 0.15) is 43.4 Å². The first-order chi connectivity index (χ1) is 8.63. The third-order valence-corrected chi connectivity index (χ3v) is 4.68. The third-order valence-electron chi connectivity index (χ3n) is 3.99. The molecule has 0 radical (unpaired) electrons. The molecular weight excluding hydrogens is 288 g/mol. The summed E-state index contributed by atoms with van der Waals surface area (Å²) in [6, 6.07) is 7.57. The van der Waals surface area contributed by atoms with Gasteiger partial charge in [0.25, 0.3) is 0 Å². The van der Waals surface area contributed by atoms with Crippen LogP contribution in [0.3, 0.4) is 0 Å². The number of hydrogen-bond acceptors (Lipinski definition) is 2. The molecular formula is C15H23BrN2. The van der Waals surface area contributed by atoms with Gasteiger partial charge in [-0.1, -0.05) is 34.5 Å². The largest absolute Gasteiger partial charge is 0.329 e. The third kappa shape index (κ3) is 2.95. The molecule has 0 aliphatic carbocycles. The van der Waals surface area contributed by atoms with E-state index in [2.05, 4.69) is 52.9 Å². The number of benzene rings is 1. The van der Waals surface area contributed by atoms with Crippen LogP contribution in [0.15, 0.2) is 22.7 Å². The number of hydrogen-bond donors (Lipinski definition) is 1. The highest BCUT2D eigenvalue weighted by Gasteiger charge is 2.27. The number of nitrogens with two attached hydrogens (primary N) is 1. The van der Waals surface area contributed by atoms with E-state index in [0.29, 0.717) is 18.6 Å². The van der Waals surface area contributed by atoms with E-state index >= 15 is 0 Å². The van der Waals surface area contributed by atoms with Crippen molar-refractivity contribution in [3.8, 4) is 0 Å². The number of halogens is 1. The molecule has 2 rings (SSSR count). The molecule has 1 heterocycles. The fourth-order valence-corrected chi connectivity index (χ4v) is 3.68. The van der Waals surface area contributed by atoms with Crippen molar-refractivity contribution in [2.24, 2.45) is 5.73 Å².